The Bertz CT molecular complexity index is 567. The van der Waals surface area contributed by atoms with Crippen molar-refractivity contribution in [2.45, 2.75) is 11.4 Å². The van der Waals surface area contributed by atoms with Crippen LogP contribution in [0, 0.1) is 0 Å². The number of carbonyl (C=O) groups is 1. The summed E-state index contributed by atoms with van der Waals surface area (Å²) in [7, 11) is 0. The summed E-state index contributed by atoms with van der Waals surface area (Å²) in [5, 5.41) is 12.1. The number of phenolic OH excluding ortho intramolecular Hbond substituents is 1. The number of hydrogen-bond acceptors (Lipinski definition) is 3. The molecule has 2 aromatic rings. The molecular formula is C15H15NO2S. The second-order valence-corrected chi connectivity index (χ2v) is 4.96. The van der Waals surface area contributed by atoms with E-state index in [4.69, 9.17) is 0 Å². The van der Waals surface area contributed by atoms with Gasteiger partial charge in [-0.1, -0.05) is 18.2 Å². The average molecular weight is 273 g/mol. The van der Waals surface area contributed by atoms with Crippen LogP contribution in [0.25, 0.3) is 0 Å². The van der Waals surface area contributed by atoms with Gasteiger partial charge < -0.3 is 10.4 Å². The van der Waals surface area contributed by atoms with Gasteiger partial charge >= 0.3 is 0 Å². The van der Waals surface area contributed by atoms with E-state index in [1.807, 2.05) is 30.5 Å². The quantitative estimate of drug-likeness (QED) is 0.842. The van der Waals surface area contributed by atoms with E-state index in [1.165, 1.54) is 17.0 Å². The summed E-state index contributed by atoms with van der Waals surface area (Å²) in [6.07, 6.45) is 2.03. The molecule has 0 saturated heterocycles. The van der Waals surface area contributed by atoms with Gasteiger partial charge in [-0.25, -0.2) is 0 Å². The number of nitrogens with one attached hydrogen (secondary N) is 1. The van der Waals surface area contributed by atoms with Gasteiger partial charge in [-0.15, -0.1) is 11.8 Å². The van der Waals surface area contributed by atoms with Crippen molar-refractivity contribution < 1.29 is 9.90 Å². The smallest absolute Gasteiger partial charge is 0.251 e. The average Bonchev–Trinajstić information content (AvgIpc) is 2.45. The predicted molar refractivity (Wildman–Crippen MR) is 77.5 cm³/mol. The molecule has 0 bridgehead atoms. The standard InChI is InChI=1S/C15H15NO2S/c1-19-14-7-5-11(6-8-14)10-16-15(18)12-3-2-4-13(17)9-12/h2-9,17H,10H2,1H3,(H,16,18). The molecule has 0 atom stereocenters. The molecule has 19 heavy (non-hydrogen) atoms. The Labute approximate surface area is 116 Å². The highest BCUT2D eigenvalue weighted by Crippen LogP contribution is 2.15. The van der Waals surface area contributed by atoms with Gasteiger partial charge in [0.2, 0.25) is 0 Å². The molecule has 98 valence electrons. The molecule has 0 aliphatic carbocycles. The number of carbonyl (C=O) groups excluding carboxylic acids is 1. The predicted octanol–water partition coefficient (Wildman–Crippen LogP) is 3.04. The van der Waals surface area contributed by atoms with Crippen LogP contribution in [0.4, 0.5) is 0 Å². The fourth-order valence-corrected chi connectivity index (χ4v) is 2.08. The molecule has 0 saturated carbocycles. The highest BCUT2D eigenvalue weighted by atomic mass is 32.2. The van der Waals surface area contributed by atoms with E-state index in [2.05, 4.69) is 5.32 Å². The van der Waals surface area contributed by atoms with E-state index in [1.54, 1.807) is 23.9 Å². The van der Waals surface area contributed by atoms with Gasteiger partial charge in [-0.05, 0) is 42.2 Å². The summed E-state index contributed by atoms with van der Waals surface area (Å²) in [6, 6.07) is 14.4. The minimum atomic E-state index is -0.190. The normalized spacial score (nSPS) is 10.2. The van der Waals surface area contributed by atoms with Crippen LogP contribution in [0.5, 0.6) is 5.75 Å². The molecule has 4 heteroatoms. The first kappa shape index (κ1) is 13.5. The van der Waals surface area contributed by atoms with Gasteiger partial charge in [0.1, 0.15) is 5.75 Å². The van der Waals surface area contributed by atoms with E-state index in [0.29, 0.717) is 12.1 Å². The maximum Gasteiger partial charge on any atom is 0.251 e. The van der Waals surface area contributed by atoms with Crippen LogP contribution < -0.4 is 5.32 Å². The zero-order chi connectivity index (χ0) is 13.7. The van der Waals surface area contributed by atoms with Crippen LogP contribution in [0.3, 0.4) is 0 Å². The molecule has 0 radical (unpaired) electrons. The van der Waals surface area contributed by atoms with Crippen LogP contribution in [0.15, 0.2) is 53.4 Å². The first-order valence-corrected chi connectivity index (χ1v) is 7.11. The number of amides is 1. The van der Waals surface area contributed by atoms with Crippen molar-refractivity contribution in [2.75, 3.05) is 6.26 Å². The first-order chi connectivity index (χ1) is 9.19. The molecule has 0 spiro atoms. The second-order valence-electron chi connectivity index (χ2n) is 4.08. The molecule has 0 unspecified atom stereocenters. The number of thioether (sulfide) groups is 1. The van der Waals surface area contributed by atoms with Crippen molar-refractivity contribution in [2.24, 2.45) is 0 Å². The third-order valence-electron chi connectivity index (χ3n) is 2.72. The van der Waals surface area contributed by atoms with Gasteiger partial charge in [0.25, 0.3) is 5.91 Å². The third kappa shape index (κ3) is 3.76. The lowest BCUT2D eigenvalue weighted by Gasteiger charge is -2.06. The molecule has 0 heterocycles. The van der Waals surface area contributed by atoms with E-state index < -0.39 is 0 Å². The summed E-state index contributed by atoms with van der Waals surface area (Å²) >= 11 is 1.69. The summed E-state index contributed by atoms with van der Waals surface area (Å²) in [5.74, 6) is -0.0955. The Morgan fingerprint density at radius 1 is 1.21 bits per heavy atom. The number of benzene rings is 2. The molecule has 2 aromatic carbocycles. The molecule has 1 amide bonds. The fraction of sp³-hybridized carbons (Fsp3) is 0.133. The molecule has 0 aromatic heterocycles. The van der Waals surface area contributed by atoms with Crippen molar-refractivity contribution in [3.05, 3.63) is 59.7 Å². The van der Waals surface area contributed by atoms with Crippen LogP contribution in [-0.4, -0.2) is 17.3 Å². The van der Waals surface area contributed by atoms with Crippen LogP contribution in [-0.2, 0) is 6.54 Å². The molecular weight excluding hydrogens is 258 g/mol. The Balaban J connectivity index is 1.96. The van der Waals surface area contributed by atoms with Gasteiger partial charge in [0.15, 0.2) is 0 Å². The Hall–Kier alpha value is -1.94. The van der Waals surface area contributed by atoms with E-state index in [-0.39, 0.29) is 11.7 Å². The fourth-order valence-electron chi connectivity index (χ4n) is 1.67. The Morgan fingerprint density at radius 3 is 2.58 bits per heavy atom. The van der Waals surface area contributed by atoms with Gasteiger partial charge in [0.05, 0.1) is 0 Å². The molecule has 2 rings (SSSR count). The summed E-state index contributed by atoms with van der Waals surface area (Å²) < 4.78 is 0. The monoisotopic (exact) mass is 273 g/mol. The Kier molecular flexibility index (Phi) is 4.47. The zero-order valence-electron chi connectivity index (χ0n) is 10.6. The lowest BCUT2D eigenvalue weighted by molar-refractivity contribution is 0.0950. The maximum absolute atomic E-state index is 11.9. The minimum Gasteiger partial charge on any atom is -0.508 e. The summed E-state index contributed by atoms with van der Waals surface area (Å²) in [4.78, 5) is 13.1. The summed E-state index contributed by atoms with van der Waals surface area (Å²) in [6.45, 7) is 0.475. The molecule has 0 aliphatic heterocycles. The Morgan fingerprint density at radius 2 is 1.95 bits per heavy atom. The zero-order valence-corrected chi connectivity index (χ0v) is 11.4. The van der Waals surface area contributed by atoms with Crippen molar-refractivity contribution in [1.82, 2.24) is 5.32 Å². The van der Waals surface area contributed by atoms with E-state index in [0.717, 1.165) is 5.56 Å². The van der Waals surface area contributed by atoms with E-state index >= 15 is 0 Å². The SMILES string of the molecule is CSc1ccc(CNC(=O)c2cccc(O)c2)cc1. The molecule has 2 N–H and O–H groups in total. The number of phenols is 1. The largest absolute Gasteiger partial charge is 0.508 e. The molecule has 0 aliphatic rings. The van der Waals surface area contributed by atoms with Crippen molar-refractivity contribution >= 4 is 17.7 Å². The van der Waals surface area contributed by atoms with Gasteiger partial charge in [-0.3, -0.25) is 4.79 Å². The van der Waals surface area contributed by atoms with Crippen molar-refractivity contribution in [3.63, 3.8) is 0 Å². The lowest BCUT2D eigenvalue weighted by Crippen LogP contribution is -2.22. The van der Waals surface area contributed by atoms with Crippen LogP contribution in [0.2, 0.25) is 0 Å². The first-order valence-electron chi connectivity index (χ1n) is 5.89. The maximum atomic E-state index is 11.9. The third-order valence-corrected chi connectivity index (χ3v) is 3.46. The van der Waals surface area contributed by atoms with Crippen LogP contribution in [0.1, 0.15) is 15.9 Å². The topological polar surface area (TPSA) is 49.3 Å². The molecule has 3 nitrogen and oxygen atoms in total. The highest BCUT2D eigenvalue weighted by Gasteiger charge is 2.05. The van der Waals surface area contributed by atoms with Crippen molar-refractivity contribution in [1.29, 1.82) is 0 Å². The van der Waals surface area contributed by atoms with Gasteiger partial charge in [-0.2, -0.15) is 0 Å². The lowest BCUT2D eigenvalue weighted by atomic mass is 10.2. The van der Waals surface area contributed by atoms with Crippen molar-refractivity contribution in [3.8, 4) is 5.75 Å². The number of rotatable bonds is 4. The van der Waals surface area contributed by atoms with E-state index in [9.17, 15) is 9.90 Å². The number of aromatic hydroxyl groups is 1. The molecule has 0 fully saturated rings. The minimum absolute atomic E-state index is 0.0944. The second kappa shape index (κ2) is 6.29. The highest BCUT2D eigenvalue weighted by molar-refractivity contribution is 7.98. The van der Waals surface area contributed by atoms with Gasteiger partial charge in [0, 0.05) is 17.0 Å². The van der Waals surface area contributed by atoms with Crippen LogP contribution >= 0.6 is 11.8 Å². The number of hydrogen-bond donors (Lipinski definition) is 2. The summed E-state index contributed by atoms with van der Waals surface area (Å²) in [5.41, 5.74) is 1.51.